The number of imidazole rings is 1. The number of hydrogen-bond acceptors (Lipinski definition) is 11. The number of esters is 1. The van der Waals surface area contributed by atoms with Crippen molar-refractivity contribution in [1.82, 2.24) is 39.7 Å². The van der Waals surface area contributed by atoms with E-state index in [-0.39, 0.29) is 17.6 Å². The van der Waals surface area contributed by atoms with Crippen LogP contribution in [0.15, 0.2) is 31.2 Å². The Hall–Kier alpha value is -3.48. The normalized spacial score (nSPS) is 14.4. The lowest BCUT2D eigenvalue weighted by molar-refractivity contribution is -0.153. The summed E-state index contributed by atoms with van der Waals surface area (Å²) < 4.78 is 26.7. The molecule has 0 unspecified atom stereocenters. The molecule has 4 N–H and O–H groups in total. The quantitative estimate of drug-likeness (QED) is 0.245. The average Bonchev–Trinajstić information content (AvgIpc) is 3.21. The highest BCUT2D eigenvalue weighted by Gasteiger charge is 2.39. The summed E-state index contributed by atoms with van der Waals surface area (Å²) in [6.45, 7) is 8.46. The van der Waals surface area contributed by atoms with E-state index in [1.54, 1.807) is 31.7 Å². The highest BCUT2D eigenvalue weighted by atomic mass is 31.2. The second kappa shape index (κ2) is 11.1. The van der Waals surface area contributed by atoms with Crippen LogP contribution in [-0.4, -0.2) is 65.5 Å². The number of nitrogens with two attached hydrogens (primary N) is 1. The minimum Gasteiger partial charge on any atom is -0.462 e. The molecule has 15 heteroatoms. The summed E-state index contributed by atoms with van der Waals surface area (Å²) in [7, 11) is -3.87. The second-order valence-corrected chi connectivity index (χ2v) is 11.1. The van der Waals surface area contributed by atoms with Crippen LogP contribution in [0.1, 0.15) is 45.1 Å². The number of nitrogen functional groups attached to an aromatic ring is 1. The van der Waals surface area contributed by atoms with Gasteiger partial charge in [0.2, 0.25) is 0 Å². The molecule has 3 aromatic rings. The number of hydrogen-bond donors (Lipinski definition) is 3. The predicted octanol–water partition coefficient (Wildman–Crippen LogP) is 1.50. The SMILES string of the molecule is CC(C)OC(=O)C(C)(C)N[P@@](=O)(CO[C@H](C)Cn1cnc2c(N)ncnc21)NC(=O)c1cnccn1. The van der Waals surface area contributed by atoms with Crippen molar-refractivity contribution in [2.45, 2.75) is 58.9 Å². The predicted molar refractivity (Wildman–Crippen MR) is 131 cm³/mol. The van der Waals surface area contributed by atoms with Gasteiger partial charge in [0.05, 0.1) is 31.3 Å². The second-order valence-electron chi connectivity index (χ2n) is 8.90. The number of carbonyl (C=O) groups excluding carboxylic acids is 2. The molecule has 0 aromatic carbocycles. The van der Waals surface area contributed by atoms with E-state index in [0.717, 1.165) is 0 Å². The van der Waals surface area contributed by atoms with Crippen LogP contribution in [0.2, 0.25) is 0 Å². The lowest BCUT2D eigenvalue weighted by Crippen LogP contribution is -2.49. The molecule has 0 bridgehead atoms. The molecule has 0 fully saturated rings. The van der Waals surface area contributed by atoms with Gasteiger partial charge in [-0.2, -0.15) is 0 Å². The van der Waals surface area contributed by atoms with Gasteiger partial charge in [0.1, 0.15) is 29.4 Å². The Bertz CT molecular complexity index is 1270. The Kier molecular flexibility index (Phi) is 8.33. The van der Waals surface area contributed by atoms with Crippen molar-refractivity contribution in [3.05, 3.63) is 36.9 Å². The monoisotopic (exact) mass is 519 g/mol. The van der Waals surface area contributed by atoms with Gasteiger partial charge in [-0.15, -0.1) is 0 Å². The molecular formula is C21H30N9O5P. The lowest BCUT2D eigenvalue weighted by atomic mass is 10.1. The smallest absolute Gasteiger partial charge is 0.326 e. The highest BCUT2D eigenvalue weighted by Crippen LogP contribution is 2.40. The van der Waals surface area contributed by atoms with Crippen molar-refractivity contribution < 1.29 is 23.6 Å². The zero-order chi connectivity index (χ0) is 26.5. The van der Waals surface area contributed by atoms with Gasteiger partial charge in [0.25, 0.3) is 13.4 Å². The number of anilines is 1. The van der Waals surface area contributed by atoms with Gasteiger partial charge in [-0.1, -0.05) is 0 Å². The summed E-state index contributed by atoms with van der Waals surface area (Å²) >= 11 is 0. The standard InChI is InChI=1S/C21H30N9O5P/c1-13(2)35-20(32)21(4,5)29-36(33,28-19(31)15-8-23-6-7-24-15)12-34-14(3)9-30-11-27-16-17(22)25-10-26-18(16)30/h6-8,10-11,13-14H,9,12H2,1-5H3,(H2,22,25,26)(H2,28,29,31,33)/t14-,36-/m1/s1. The summed E-state index contributed by atoms with van der Waals surface area (Å²) in [5, 5.41) is 5.19. The van der Waals surface area contributed by atoms with Crippen molar-refractivity contribution in [3.8, 4) is 0 Å². The maximum absolute atomic E-state index is 13.9. The molecule has 0 radical (unpaired) electrons. The topological polar surface area (TPSA) is 189 Å². The van der Waals surface area contributed by atoms with Crippen LogP contribution in [0.25, 0.3) is 11.2 Å². The van der Waals surface area contributed by atoms with E-state index in [0.29, 0.717) is 17.7 Å². The maximum atomic E-state index is 13.9. The number of carbonyl (C=O) groups is 2. The molecular weight excluding hydrogens is 489 g/mol. The molecule has 14 nitrogen and oxygen atoms in total. The molecule has 0 saturated heterocycles. The molecule has 2 atom stereocenters. The van der Waals surface area contributed by atoms with Crippen molar-refractivity contribution in [3.63, 3.8) is 0 Å². The van der Waals surface area contributed by atoms with Crippen molar-refractivity contribution in [2.75, 3.05) is 12.1 Å². The van der Waals surface area contributed by atoms with E-state index in [1.165, 1.54) is 38.8 Å². The molecule has 0 aliphatic carbocycles. The number of nitrogens with one attached hydrogen (secondary N) is 2. The molecule has 0 aliphatic heterocycles. The number of ether oxygens (including phenoxy) is 2. The average molecular weight is 520 g/mol. The first kappa shape index (κ1) is 27.1. The van der Waals surface area contributed by atoms with Crippen LogP contribution in [0.3, 0.4) is 0 Å². The first-order valence-electron chi connectivity index (χ1n) is 11.1. The Morgan fingerprint density at radius 2 is 1.92 bits per heavy atom. The van der Waals surface area contributed by atoms with Crippen LogP contribution in [0, 0.1) is 0 Å². The van der Waals surface area contributed by atoms with Crippen LogP contribution in [0.5, 0.6) is 0 Å². The number of rotatable bonds is 11. The van der Waals surface area contributed by atoms with Gasteiger partial charge < -0.3 is 19.8 Å². The molecule has 36 heavy (non-hydrogen) atoms. The number of aromatic nitrogens is 6. The molecule has 0 saturated carbocycles. The molecule has 3 rings (SSSR count). The Morgan fingerprint density at radius 1 is 1.17 bits per heavy atom. The largest absolute Gasteiger partial charge is 0.462 e. The number of amides is 1. The highest BCUT2D eigenvalue weighted by molar-refractivity contribution is 7.60. The molecule has 0 aliphatic rings. The van der Waals surface area contributed by atoms with Gasteiger partial charge in [0.15, 0.2) is 11.5 Å². The third-order valence-electron chi connectivity index (χ3n) is 4.82. The summed E-state index contributed by atoms with van der Waals surface area (Å²) in [5.41, 5.74) is 5.36. The first-order valence-corrected chi connectivity index (χ1v) is 13.0. The van der Waals surface area contributed by atoms with Crippen LogP contribution >= 0.6 is 7.44 Å². The summed E-state index contributed by atoms with van der Waals surface area (Å²) in [6.07, 6.45) is 5.55. The van der Waals surface area contributed by atoms with Crippen LogP contribution < -0.4 is 15.9 Å². The van der Waals surface area contributed by atoms with Gasteiger partial charge in [-0.3, -0.25) is 24.2 Å². The molecule has 0 spiro atoms. The van der Waals surface area contributed by atoms with E-state index >= 15 is 0 Å². The van der Waals surface area contributed by atoms with E-state index in [1.807, 2.05) is 0 Å². The van der Waals surface area contributed by atoms with Gasteiger partial charge in [0, 0.05) is 12.4 Å². The Morgan fingerprint density at radius 3 is 2.58 bits per heavy atom. The maximum Gasteiger partial charge on any atom is 0.326 e. The fourth-order valence-corrected chi connectivity index (χ4v) is 5.27. The van der Waals surface area contributed by atoms with E-state index < -0.39 is 37.3 Å². The molecule has 3 heterocycles. The van der Waals surface area contributed by atoms with E-state index in [9.17, 15) is 14.2 Å². The Balaban J connectivity index is 1.76. The molecule has 194 valence electrons. The Labute approximate surface area is 207 Å². The molecule has 1 amide bonds. The minimum atomic E-state index is -3.87. The van der Waals surface area contributed by atoms with Crippen LogP contribution in [-0.2, 0) is 25.4 Å². The summed E-state index contributed by atoms with van der Waals surface area (Å²) in [6, 6.07) is 0. The van der Waals surface area contributed by atoms with Crippen molar-refractivity contribution in [2.24, 2.45) is 0 Å². The first-order chi connectivity index (χ1) is 16.9. The van der Waals surface area contributed by atoms with Crippen LogP contribution in [0.4, 0.5) is 5.82 Å². The van der Waals surface area contributed by atoms with Gasteiger partial charge in [-0.25, -0.2) is 25.0 Å². The zero-order valence-electron chi connectivity index (χ0n) is 20.7. The van der Waals surface area contributed by atoms with E-state index in [4.69, 9.17) is 15.2 Å². The zero-order valence-corrected chi connectivity index (χ0v) is 21.6. The number of fused-ring (bicyclic) bond motifs is 1. The minimum absolute atomic E-state index is 0.0442. The summed E-state index contributed by atoms with van der Waals surface area (Å²) in [4.78, 5) is 45.4. The third kappa shape index (κ3) is 6.80. The fraction of sp³-hybridized carbons (Fsp3) is 0.476. The van der Waals surface area contributed by atoms with Gasteiger partial charge >= 0.3 is 5.97 Å². The van der Waals surface area contributed by atoms with Crippen molar-refractivity contribution >= 4 is 36.3 Å². The lowest BCUT2D eigenvalue weighted by Gasteiger charge is -2.31. The van der Waals surface area contributed by atoms with E-state index in [2.05, 4.69) is 35.1 Å². The van der Waals surface area contributed by atoms with Crippen molar-refractivity contribution in [1.29, 1.82) is 0 Å². The van der Waals surface area contributed by atoms with Gasteiger partial charge in [-0.05, 0) is 34.6 Å². The number of nitrogens with zero attached hydrogens (tertiary/aromatic N) is 6. The molecule has 3 aromatic heterocycles. The fourth-order valence-electron chi connectivity index (χ4n) is 3.18. The third-order valence-corrected chi connectivity index (χ3v) is 6.81. The summed E-state index contributed by atoms with van der Waals surface area (Å²) in [5.74, 6) is -1.12.